The van der Waals surface area contributed by atoms with Crippen molar-refractivity contribution >= 4 is 5.91 Å². The molecule has 0 saturated carbocycles. The standard InChI is InChI=1S/C24H31NO3/c1-18(2)21-10-9-19(3)15-22(21)28-16-23(26)25-17-24(11-13-27-14-12-24)20-7-5-4-6-8-20/h4-10,15,18H,11-14,16-17H2,1-3H3,(H,25,26). The number of benzene rings is 2. The molecule has 0 aromatic heterocycles. The van der Waals surface area contributed by atoms with Gasteiger partial charge in [-0.1, -0.05) is 56.3 Å². The molecule has 1 N–H and O–H groups in total. The number of rotatable bonds is 7. The van der Waals surface area contributed by atoms with Crippen LogP contribution in [-0.4, -0.2) is 32.3 Å². The van der Waals surface area contributed by atoms with Crippen LogP contribution in [0.2, 0.25) is 0 Å². The Kier molecular flexibility index (Phi) is 6.74. The summed E-state index contributed by atoms with van der Waals surface area (Å²) >= 11 is 0. The zero-order valence-corrected chi connectivity index (χ0v) is 17.2. The molecule has 0 aliphatic carbocycles. The predicted molar refractivity (Wildman–Crippen MR) is 112 cm³/mol. The lowest BCUT2D eigenvalue weighted by Crippen LogP contribution is -2.45. The second kappa shape index (κ2) is 9.24. The molecule has 0 atom stereocenters. The number of hydrogen-bond acceptors (Lipinski definition) is 3. The fourth-order valence-electron chi connectivity index (χ4n) is 3.83. The molecule has 4 nitrogen and oxygen atoms in total. The Hall–Kier alpha value is -2.33. The highest BCUT2D eigenvalue weighted by Crippen LogP contribution is 2.34. The second-order valence-electron chi connectivity index (χ2n) is 8.02. The van der Waals surface area contributed by atoms with Crippen LogP contribution in [0, 0.1) is 6.92 Å². The van der Waals surface area contributed by atoms with Crippen molar-refractivity contribution in [2.75, 3.05) is 26.4 Å². The Labute approximate surface area is 168 Å². The minimum absolute atomic E-state index is 0.0323. The maximum absolute atomic E-state index is 12.5. The van der Waals surface area contributed by atoms with Crippen LogP contribution < -0.4 is 10.1 Å². The van der Waals surface area contributed by atoms with Gasteiger partial charge in [-0.15, -0.1) is 0 Å². The first kappa shape index (κ1) is 20.4. The zero-order valence-electron chi connectivity index (χ0n) is 17.2. The average molecular weight is 382 g/mol. The SMILES string of the molecule is Cc1ccc(C(C)C)c(OCC(=O)NCC2(c3ccccc3)CCOCC2)c1. The fourth-order valence-corrected chi connectivity index (χ4v) is 3.83. The molecule has 150 valence electrons. The summed E-state index contributed by atoms with van der Waals surface area (Å²) in [7, 11) is 0. The van der Waals surface area contributed by atoms with Gasteiger partial charge in [0.2, 0.25) is 0 Å². The van der Waals surface area contributed by atoms with Crippen LogP contribution in [0.3, 0.4) is 0 Å². The molecule has 4 heteroatoms. The molecule has 1 fully saturated rings. The lowest BCUT2D eigenvalue weighted by molar-refractivity contribution is -0.123. The lowest BCUT2D eigenvalue weighted by Gasteiger charge is -2.38. The van der Waals surface area contributed by atoms with Gasteiger partial charge >= 0.3 is 0 Å². The van der Waals surface area contributed by atoms with Gasteiger partial charge in [0.1, 0.15) is 5.75 Å². The minimum Gasteiger partial charge on any atom is -0.483 e. The van der Waals surface area contributed by atoms with Gasteiger partial charge in [0.05, 0.1) is 0 Å². The first-order chi connectivity index (χ1) is 13.5. The summed E-state index contributed by atoms with van der Waals surface area (Å²) in [5, 5.41) is 3.11. The molecular weight excluding hydrogens is 350 g/mol. The van der Waals surface area contributed by atoms with E-state index in [1.165, 1.54) is 5.56 Å². The molecule has 28 heavy (non-hydrogen) atoms. The van der Waals surface area contributed by atoms with Crippen LogP contribution in [0.15, 0.2) is 48.5 Å². The molecule has 1 saturated heterocycles. The summed E-state index contributed by atoms with van der Waals surface area (Å²) in [5.41, 5.74) is 3.45. The van der Waals surface area contributed by atoms with Crippen LogP contribution in [0.4, 0.5) is 0 Å². The van der Waals surface area contributed by atoms with E-state index in [-0.39, 0.29) is 17.9 Å². The summed E-state index contributed by atoms with van der Waals surface area (Å²) in [4.78, 5) is 12.5. The van der Waals surface area contributed by atoms with E-state index in [4.69, 9.17) is 9.47 Å². The topological polar surface area (TPSA) is 47.6 Å². The van der Waals surface area contributed by atoms with E-state index >= 15 is 0 Å². The van der Waals surface area contributed by atoms with E-state index < -0.39 is 0 Å². The largest absolute Gasteiger partial charge is 0.483 e. The molecule has 0 bridgehead atoms. The molecule has 3 rings (SSSR count). The predicted octanol–water partition coefficient (Wildman–Crippen LogP) is 4.36. The van der Waals surface area contributed by atoms with Crippen molar-refractivity contribution in [1.29, 1.82) is 0 Å². The number of carbonyl (C=O) groups is 1. The molecule has 2 aromatic rings. The summed E-state index contributed by atoms with van der Waals surface area (Å²) < 4.78 is 11.5. The number of carbonyl (C=O) groups excluding carboxylic acids is 1. The normalized spacial score (nSPS) is 16.0. The van der Waals surface area contributed by atoms with Crippen LogP contribution in [0.25, 0.3) is 0 Å². The monoisotopic (exact) mass is 381 g/mol. The maximum atomic E-state index is 12.5. The van der Waals surface area contributed by atoms with Crippen molar-refractivity contribution in [1.82, 2.24) is 5.32 Å². The first-order valence-corrected chi connectivity index (χ1v) is 10.1. The Bertz CT molecular complexity index is 780. The lowest BCUT2D eigenvalue weighted by atomic mass is 9.74. The Morgan fingerprint density at radius 1 is 1.14 bits per heavy atom. The Morgan fingerprint density at radius 2 is 1.86 bits per heavy atom. The van der Waals surface area contributed by atoms with E-state index in [1.807, 2.05) is 19.1 Å². The number of nitrogens with one attached hydrogen (secondary N) is 1. The van der Waals surface area contributed by atoms with Crippen molar-refractivity contribution in [3.8, 4) is 5.75 Å². The van der Waals surface area contributed by atoms with Crippen LogP contribution in [-0.2, 0) is 14.9 Å². The Morgan fingerprint density at radius 3 is 2.54 bits per heavy atom. The fraction of sp³-hybridized carbons (Fsp3) is 0.458. The number of hydrogen-bond donors (Lipinski definition) is 1. The summed E-state index contributed by atoms with van der Waals surface area (Å²) in [6.45, 7) is 8.38. The van der Waals surface area contributed by atoms with E-state index in [0.717, 1.165) is 42.9 Å². The summed E-state index contributed by atoms with van der Waals surface area (Å²) in [5.74, 6) is 1.06. The highest BCUT2D eigenvalue weighted by molar-refractivity contribution is 5.77. The van der Waals surface area contributed by atoms with Gasteiger partial charge in [0.15, 0.2) is 6.61 Å². The quantitative estimate of drug-likeness (QED) is 0.775. The van der Waals surface area contributed by atoms with E-state index in [2.05, 4.69) is 55.6 Å². The molecule has 1 aliphatic rings. The zero-order chi connectivity index (χ0) is 20.0. The smallest absolute Gasteiger partial charge is 0.257 e. The minimum atomic E-state index is -0.0852. The van der Waals surface area contributed by atoms with Gasteiger partial charge in [-0.05, 0) is 48.4 Å². The maximum Gasteiger partial charge on any atom is 0.257 e. The molecule has 1 amide bonds. The van der Waals surface area contributed by atoms with Crippen molar-refractivity contribution in [2.45, 2.75) is 44.9 Å². The van der Waals surface area contributed by atoms with Crippen molar-refractivity contribution < 1.29 is 14.3 Å². The average Bonchev–Trinajstić information content (AvgIpc) is 2.72. The van der Waals surface area contributed by atoms with Crippen LogP contribution in [0.1, 0.15) is 49.3 Å². The third-order valence-electron chi connectivity index (χ3n) is 5.61. The van der Waals surface area contributed by atoms with Gasteiger partial charge < -0.3 is 14.8 Å². The molecular formula is C24H31NO3. The third-order valence-corrected chi connectivity index (χ3v) is 5.61. The van der Waals surface area contributed by atoms with Gasteiger partial charge in [-0.25, -0.2) is 0 Å². The molecule has 1 heterocycles. The number of amides is 1. The van der Waals surface area contributed by atoms with E-state index in [1.54, 1.807) is 0 Å². The number of aryl methyl sites for hydroxylation is 1. The summed E-state index contributed by atoms with van der Waals surface area (Å²) in [6, 6.07) is 16.6. The highest BCUT2D eigenvalue weighted by Gasteiger charge is 2.34. The van der Waals surface area contributed by atoms with Gasteiger partial charge in [-0.2, -0.15) is 0 Å². The third kappa shape index (κ3) is 4.93. The molecule has 2 aromatic carbocycles. The van der Waals surface area contributed by atoms with Crippen molar-refractivity contribution in [3.05, 3.63) is 65.2 Å². The summed E-state index contributed by atoms with van der Waals surface area (Å²) in [6.07, 6.45) is 1.82. The number of ether oxygens (including phenoxy) is 2. The van der Waals surface area contributed by atoms with E-state index in [0.29, 0.717) is 12.5 Å². The molecule has 0 unspecified atom stereocenters. The first-order valence-electron chi connectivity index (χ1n) is 10.1. The van der Waals surface area contributed by atoms with Crippen LogP contribution in [0.5, 0.6) is 5.75 Å². The van der Waals surface area contributed by atoms with Gasteiger partial charge in [0, 0.05) is 25.2 Å². The van der Waals surface area contributed by atoms with Crippen LogP contribution >= 0.6 is 0 Å². The van der Waals surface area contributed by atoms with Crippen molar-refractivity contribution in [2.24, 2.45) is 0 Å². The van der Waals surface area contributed by atoms with E-state index in [9.17, 15) is 4.79 Å². The van der Waals surface area contributed by atoms with Gasteiger partial charge in [0.25, 0.3) is 5.91 Å². The molecule has 0 spiro atoms. The van der Waals surface area contributed by atoms with Crippen molar-refractivity contribution in [3.63, 3.8) is 0 Å². The highest BCUT2D eigenvalue weighted by atomic mass is 16.5. The Balaban J connectivity index is 1.62. The second-order valence-corrected chi connectivity index (χ2v) is 8.02. The van der Waals surface area contributed by atoms with Gasteiger partial charge in [-0.3, -0.25) is 4.79 Å². The molecule has 1 aliphatic heterocycles. The molecule has 0 radical (unpaired) electrons.